The van der Waals surface area contributed by atoms with Gasteiger partial charge in [-0.2, -0.15) is 5.10 Å². The number of aromatic nitrogens is 3. The molecule has 0 aliphatic carbocycles. The van der Waals surface area contributed by atoms with Crippen molar-refractivity contribution in [1.29, 1.82) is 0 Å². The van der Waals surface area contributed by atoms with Crippen molar-refractivity contribution in [2.75, 3.05) is 18.9 Å². The van der Waals surface area contributed by atoms with Crippen molar-refractivity contribution in [1.82, 2.24) is 19.8 Å². The van der Waals surface area contributed by atoms with Gasteiger partial charge in [0.2, 0.25) is 4.77 Å². The van der Waals surface area contributed by atoms with Crippen LogP contribution >= 0.6 is 12.2 Å². The van der Waals surface area contributed by atoms with Gasteiger partial charge in [-0.3, -0.25) is 10.00 Å². The van der Waals surface area contributed by atoms with E-state index in [1.54, 1.807) is 0 Å². The lowest BCUT2D eigenvalue weighted by atomic mass is 9.99. The molecule has 0 amide bonds. The van der Waals surface area contributed by atoms with Crippen LogP contribution in [0.15, 0.2) is 30.3 Å². The zero-order chi connectivity index (χ0) is 13.2. The molecule has 6 heteroatoms. The van der Waals surface area contributed by atoms with Crippen LogP contribution in [0.4, 0.5) is 0 Å². The lowest BCUT2D eigenvalue weighted by molar-refractivity contribution is 0.315. The fourth-order valence-corrected chi connectivity index (χ4v) is 2.77. The fraction of sp³-hybridized carbons (Fsp3) is 0.385. The maximum atomic E-state index is 5.82. The molecule has 1 saturated heterocycles. The van der Waals surface area contributed by atoms with E-state index in [0.29, 0.717) is 10.7 Å². The van der Waals surface area contributed by atoms with Crippen molar-refractivity contribution >= 4 is 12.2 Å². The number of hydrogen-bond acceptors (Lipinski definition) is 4. The third kappa shape index (κ3) is 2.54. The standard InChI is InChI=1S/C13H17N5S/c14-18-12(15-16-13(18)19)9-17-7-6-11(8-17)10-4-2-1-3-5-10/h1-5,11H,6-9,14H2,(H,16,19)/t11-/m1/s1. The van der Waals surface area contributed by atoms with Gasteiger partial charge in [-0.05, 0) is 36.7 Å². The van der Waals surface area contributed by atoms with E-state index in [0.717, 1.165) is 25.5 Å². The zero-order valence-electron chi connectivity index (χ0n) is 10.6. The van der Waals surface area contributed by atoms with Crippen molar-refractivity contribution in [3.8, 4) is 0 Å². The minimum atomic E-state index is 0.466. The van der Waals surface area contributed by atoms with Gasteiger partial charge < -0.3 is 5.84 Å². The van der Waals surface area contributed by atoms with E-state index in [9.17, 15) is 0 Å². The summed E-state index contributed by atoms with van der Waals surface area (Å²) in [5.74, 6) is 7.21. The number of H-pyrrole nitrogens is 1. The second kappa shape index (κ2) is 5.14. The Hall–Kier alpha value is -1.66. The number of aromatic amines is 1. The molecule has 0 spiro atoms. The van der Waals surface area contributed by atoms with Gasteiger partial charge in [-0.25, -0.2) is 4.68 Å². The first-order chi connectivity index (χ1) is 9.24. The number of hydrogen-bond donors (Lipinski definition) is 2. The highest BCUT2D eigenvalue weighted by atomic mass is 32.1. The highest BCUT2D eigenvalue weighted by molar-refractivity contribution is 7.71. The van der Waals surface area contributed by atoms with E-state index < -0.39 is 0 Å². The molecule has 1 aromatic carbocycles. The third-order valence-electron chi connectivity index (χ3n) is 3.69. The molecular weight excluding hydrogens is 258 g/mol. The van der Waals surface area contributed by atoms with E-state index in [1.165, 1.54) is 16.7 Å². The van der Waals surface area contributed by atoms with Crippen molar-refractivity contribution in [3.05, 3.63) is 46.5 Å². The maximum Gasteiger partial charge on any atom is 0.214 e. The number of nitrogens with two attached hydrogens (primary N) is 1. The number of nitrogens with one attached hydrogen (secondary N) is 1. The molecule has 0 bridgehead atoms. The fourth-order valence-electron chi connectivity index (χ4n) is 2.62. The van der Waals surface area contributed by atoms with Crippen LogP contribution in [0.3, 0.4) is 0 Å². The first-order valence-corrected chi connectivity index (χ1v) is 6.83. The topological polar surface area (TPSA) is 62.9 Å². The molecule has 19 heavy (non-hydrogen) atoms. The van der Waals surface area contributed by atoms with Crippen LogP contribution in [0.2, 0.25) is 0 Å². The first-order valence-electron chi connectivity index (χ1n) is 6.42. The summed E-state index contributed by atoms with van der Waals surface area (Å²) in [7, 11) is 0. The van der Waals surface area contributed by atoms with E-state index in [2.05, 4.69) is 45.4 Å². The average molecular weight is 275 g/mol. The van der Waals surface area contributed by atoms with E-state index in [4.69, 9.17) is 18.1 Å². The Balaban J connectivity index is 1.67. The second-order valence-electron chi connectivity index (χ2n) is 4.95. The Morgan fingerprint density at radius 1 is 1.37 bits per heavy atom. The summed E-state index contributed by atoms with van der Waals surface area (Å²) in [6.07, 6.45) is 1.18. The van der Waals surface area contributed by atoms with Gasteiger partial charge in [-0.15, -0.1) is 0 Å². The van der Waals surface area contributed by atoms with Crippen LogP contribution < -0.4 is 5.84 Å². The van der Waals surface area contributed by atoms with Gasteiger partial charge in [-0.1, -0.05) is 30.3 Å². The Morgan fingerprint density at radius 2 is 2.16 bits per heavy atom. The molecule has 1 aliphatic heterocycles. The van der Waals surface area contributed by atoms with Crippen LogP contribution in [0, 0.1) is 4.77 Å². The summed E-state index contributed by atoms with van der Waals surface area (Å²) in [5.41, 5.74) is 1.41. The number of nitrogen functional groups attached to an aromatic ring is 1. The molecule has 0 saturated carbocycles. The predicted molar refractivity (Wildman–Crippen MR) is 76.6 cm³/mol. The minimum absolute atomic E-state index is 0.466. The molecule has 1 atom stereocenters. The summed E-state index contributed by atoms with van der Waals surface area (Å²) < 4.78 is 1.92. The molecule has 3 rings (SSSR count). The van der Waals surface area contributed by atoms with E-state index in [-0.39, 0.29) is 0 Å². The molecule has 5 nitrogen and oxygen atoms in total. The van der Waals surface area contributed by atoms with Gasteiger partial charge in [0, 0.05) is 6.54 Å². The highest BCUT2D eigenvalue weighted by Crippen LogP contribution is 2.27. The largest absolute Gasteiger partial charge is 0.335 e. The average Bonchev–Trinajstić information content (AvgIpc) is 3.02. The Morgan fingerprint density at radius 3 is 2.84 bits per heavy atom. The zero-order valence-corrected chi connectivity index (χ0v) is 11.4. The van der Waals surface area contributed by atoms with Crippen LogP contribution in [-0.2, 0) is 6.54 Å². The summed E-state index contributed by atoms with van der Waals surface area (Å²) in [6, 6.07) is 10.7. The second-order valence-corrected chi connectivity index (χ2v) is 5.33. The van der Waals surface area contributed by atoms with Crippen LogP contribution in [0.1, 0.15) is 23.7 Å². The molecule has 1 fully saturated rings. The lowest BCUT2D eigenvalue weighted by Crippen LogP contribution is -2.24. The molecule has 3 N–H and O–H groups in total. The van der Waals surface area contributed by atoms with Crippen LogP contribution in [0.5, 0.6) is 0 Å². The monoisotopic (exact) mass is 275 g/mol. The number of nitrogens with zero attached hydrogens (tertiary/aromatic N) is 3. The molecule has 2 aromatic rings. The molecule has 2 heterocycles. The highest BCUT2D eigenvalue weighted by Gasteiger charge is 2.24. The van der Waals surface area contributed by atoms with E-state index in [1.807, 2.05) is 0 Å². The first kappa shape index (κ1) is 12.4. The van der Waals surface area contributed by atoms with Crippen LogP contribution in [0.25, 0.3) is 0 Å². The summed E-state index contributed by atoms with van der Waals surface area (Å²) in [4.78, 5) is 2.37. The number of rotatable bonds is 3. The Kier molecular flexibility index (Phi) is 3.35. The number of likely N-dealkylation sites (tertiary alicyclic amines) is 1. The maximum absolute atomic E-state index is 5.82. The summed E-state index contributed by atoms with van der Waals surface area (Å²) in [5, 5.41) is 6.87. The summed E-state index contributed by atoms with van der Waals surface area (Å²) >= 11 is 5.02. The quantitative estimate of drug-likeness (QED) is 0.660. The van der Waals surface area contributed by atoms with Gasteiger partial charge in [0.25, 0.3) is 0 Å². The molecule has 100 valence electrons. The predicted octanol–water partition coefficient (Wildman–Crippen LogP) is 1.64. The van der Waals surface area contributed by atoms with Crippen molar-refractivity contribution < 1.29 is 0 Å². The third-order valence-corrected chi connectivity index (χ3v) is 3.97. The summed E-state index contributed by atoms with van der Waals surface area (Å²) in [6.45, 7) is 2.86. The molecule has 0 radical (unpaired) electrons. The minimum Gasteiger partial charge on any atom is -0.335 e. The van der Waals surface area contributed by atoms with Gasteiger partial charge >= 0.3 is 0 Å². The van der Waals surface area contributed by atoms with Crippen molar-refractivity contribution in [2.24, 2.45) is 0 Å². The molecule has 1 aliphatic rings. The Bertz CT molecular complexity index is 603. The normalized spacial score (nSPS) is 19.9. The van der Waals surface area contributed by atoms with Crippen molar-refractivity contribution in [3.63, 3.8) is 0 Å². The lowest BCUT2D eigenvalue weighted by Gasteiger charge is -2.15. The van der Waals surface area contributed by atoms with E-state index >= 15 is 0 Å². The Labute approximate surface area is 117 Å². The van der Waals surface area contributed by atoms with Crippen molar-refractivity contribution in [2.45, 2.75) is 18.9 Å². The number of benzene rings is 1. The van der Waals surface area contributed by atoms with Gasteiger partial charge in [0.05, 0.1) is 6.54 Å². The smallest absolute Gasteiger partial charge is 0.214 e. The molecular formula is C13H17N5S. The molecule has 1 aromatic heterocycles. The SMILES string of the molecule is Nn1c(CN2CC[C@@H](c3ccccc3)C2)n[nH]c1=S. The van der Waals surface area contributed by atoms with Gasteiger partial charge in [0.15, 0.2) is 5.82 Å². The van der Waals surface area contributed by atoms with Crippen LogP contribution in [-0.4, -0.2) is 32.9 Å². The van der Waals surface area contributed by atoms with Gasteiger partial charge in [0.1, 0.15) is 0 Å². The molecule has 0 unspecified atom stereocenters.